The Labute approximate surface area is 83.0 Å². The van der Waals surface area contributed by atoms with Crippen LogP contribution < -0.4 is 29.6 Å². The molecule has 0 amide bonds. The molecule has 2 nitrogen and oxygen atoms in total. The van der Waals surface area contributed by atoms with E-state index in [1.54, 1.807) is 0 Å². The molecule has 0 N–H and O–H groups in total. The van der Waals surface area contributed by atoms with Crippen LogP contribution in [0, 0.1) is 0 Å². The Morgan fingerprint density at radius 3 is 2.11 bits per heavy atom. The van der Waals surface area contributed by atoms with Crippen LogP contribution in [0.3, 0.4) is 0 Å². The summed E-state index contributed by atoms with van der Waals surface area (Å²) in [6.07, 6.45) is 0.678. The normalized spacial score (nSPS) is 31.4. The van der Waals surface area contributed by atoms with E-state index in [0.717, 1.165) is 0 Å². The molecule has 1 aliphatic heterocycles. The van der Waals surface area contributed by atoms with Crippen LogP contribution in [0.2, 0.25) is 0 Å². The zero-order chi connectivity index (χ0) is 6.20. The molecule has 0 aliphatic carbocycles. The average molecular weight is 174 g/mol. The van der Waals surface area contributed by atoms with Gasteiger partial charge in [-0.3, -0.25) is 0 Å². The van der Waals surface area contributed by atoms with Crippen molar-refractivity contribution >= 4 is 22.5 Å². The van der Waals surface area contributed by atoms with Gasteiger partial charge in [0.1, 0.15) is 9.84 Å². The van der Waals surface area contributed by atoms with Gasteiger partial charge in [-0.2, -0.15) is 0 Å². The maximum Gasteiger partial charge on any atom is 1.00 e. The molecule has 1 fully saturated rings. The minimum atomic E-state index is -2.70. The standard InChI is InChI=1S/C4H8O2S2.Na/c5-8(6)2-1-4(7)3-8;/h4,7H,1-3H2;/q;+1/p-1. The third-order valence-electron chi connectivity index (χ3n) is 1.19. The van der Waals surface area contributed by atoms with Gasteiger partial charge in [0, 0.05) is 11.5 Å². The molecule has 0 aromatic carbocycles. The number of rotatable bonds is 0. The average Bonchev–Trinajstić information content (AvgIpc) is 1.82. The molecule has 1 rings (SSSR count). The van der Waals surface area contributed by atoms with Crippen LogP contribution >= 0.6 is 0 Å². The van der Waals surface area contributed by atoms with E-state index in [1.807, 2.05) is 0 Å². The summed E-state index contributed by atoms with van der Waals surface area (Å²) in [5, 5.41) is -0.0139. The largest absolute Gasteiger partial charge is 1.00 e. The van der Waals surface area contributed by atoms with Crippen molar-refractivity contribution in [3.8, 4) is 0 Å². The van der Waals surface area contributed by atoms with Gasteiger partial charge >= 0.3 is 29.6 Å². The van der Waals surface area contributed by atoms with Gasteiger partial charge in [0.05, 0.1) is 0 Å². The Morgan fingerprint density at radius 2 is 2.00 bits per heavy atom. The van der Waals surface area contributed by atoms with Gasteiger partial charge in [-0.15, -0.1) is 5.25 Å². The van der Waals surface area contributed by atoms with Gasteiger partial charge in [-0.25, -0.2) is 8.42 Å². The van der Waals surface area contributed by atoms with Crippen LogP contribution in [0.1, 0.15) is 6.42 Å². The van der Waals surface area contributed by atoms with Gasteiger partial charge in [0.25, 0.3) is 0 Å². The van der Waals surface area contributed by atoms with E-state index in [0.29, 0.717) is 12.2 Å². The van der Waals surface area contributed by atoms with E-state index in [2.05, 4.69) is 0 Å². The molecule has 0 bridgehead atoms. The minimum Gasteiger partial charge on any atom is -0.788 e. The molecular formula is C4H7NaO2S2. The fraction of sp³-hybridized carbons (Fsp3) is 1.00. The molecule has 1 saturated heterocycles. The van der Waals surface area contributed by atoms with E-state index < -0.39 is 9.84 Å². The SMILES string of the molecule is O=S1(=O)CCC([S-])C1.[Na+]. The van der Waals surface area contributed by atoms with E-state index in [4.69, 9.17) is 12.6 Å². The van der Waals surface area contributed by atoms with Crippen molar-refractivity contribution < 1.29 is 38.0 Å². The third-order valence-corrected chi connectivity index (χ3v) is 3.57. The van der Waals surface area contributed by atoms with Crippen molar-refractivity contribution in [3.05, 3.63) is 0 Å². The predicted octanol–water partition coefficient (Wildman–Crippen LogP) is -3.28. The maximum atomic E-state index is 10.6. The van der Waals surface area contributed by atoms with Gasteiger partial charge in [-0.05, 0) is 0 Å². The van der Waals surface area contributed by atoms with Gasteiger partial charge in [-0.1, -0.05) is 6.42 Å². The summed E-state index contributed by atoms with van der Waals surface area (Å²) < 4.78 is 21.1. The second-order valence-electron chi connectivity index (χ2n) is 2.03. The summed E-state index contributed by atoms with van der Waals surface area (Å²) in [5.74, 6) is 0.531. The Kier molecular flexibility index (Phi) is 4.15. The zero-order valence-corrected chi connectivity index (χ0v) is 8.96. The Morgan fingerprint density at radius 1 is 1.44 bits per heavy atom. The quantitative estimate of drug-likeness (QED) is 0.285. The molecule has 1 aliphatic rings. The van der Waals surface area contributed by atoms with Crippen LogP contribution in [0.15, 0.2) is 0 Å². The van der Waals surface area contributed by atoms with Crippen molar-refractivity contribution in [1.29, 1.82) is 0 Å². The van der Waals surface area contributed by atoms with Crippen molar-refractivity contribution in [1.82, 2.24) is 0 Å². The summed E-state index contributed by atoms with van der Waals surface area (Å²) in [6.45, 7) is 0. The first-order valence-corrected chi connectivity index (χ1v) is 4.76. The van der Waals surface area contributed by atoms with E-state index in [1.165, 1.54) is 0 Å². The molecule has 0 aromatic heterocycles. The Bertz CT molecular complexity index is 175. The monoisotopic (exact) mass is 174 g/mol. The van der Waals surface area contributed by atoms with Crippen LogP contribution in [0.4, 0.5) is 0 Å². The van der Waals surface area contributed by atoms with Crippen LogP contribution in [0.5, 0.6) is 0 Å². The molecule has 0 spiro atoms. The van der Waals surface area contributed by atoms with E-state index in [9.17, 15) is 8.42 Å². The van der Waals surface area contributed by atoms with Gasteiger partial charge < -0.3 is 12.6 Å². The van der Waals surface area contributed by atoms with Crippen molar-refractivity contribution in [3.63, 3.8) is 0 Å². The number of sulfone groups is 1. The first-order chi connectivity index (χ1) is 3.60. The number of hydrogen-bond acceptors (Lipinski definition) is 3. The fourth-order valence-electron chi connectivity index (χ4n) is 0.761. The molecule has 48 valence electrons. The first-order valence-electron chi connectivity index (χ1n) is 2.46. The van der Waals surface area contributed by atoms with Crippen molar-refractivity contribution in [2.24, 2.45) is 0 Å². The molecule has 0 radical (unpaired) electrons. The summed E-state index contributed by atoms with van der Waals surface area (Å²) >= 11 is 4.77. The van der Waals surface area contributed by atoms with Gasteiger partial charge in [0.2, 0.25) is 0 Å². The third kappa shape index (κ3) is 3.28. The number of hydrogen-bond donors (Lipinski definition) is 0. The zero-order valence-electron chi connectivity index (χ0n) is 5.33. The molecule has 1 atom stereocenters. The van der Waals surface area contributed by atoms with Gasteiger partial charge in [0.15, 0.2) is 0 Å². The predicted molar refractivity (Wildman–Crippen MR) is 34.4 cm³/mol. The minimum absolute atomic E-state index is 0. The topological polar surface area (TPSA) is 34.1 Å². The molecule has 5 heteroatoms. The molecule has 0 saturated carbocycles. The molecule has 1 heterocycles. The first kappa shape index (κ1) is 10.3. The smallest absolute Gasteiger partial charge is 0.788 e. The summed E-state index contributed by atoms with van der Waals surface area (Å²) in [7, 11) is -2.70. The fourth-order valence-corrected chi connectivity index (χ4v) is 3.19. The van der Waals surface area contributed by atoms with Crippen LogP contribution in [-0.2, 0) is 22.5 Å². The summed E-state index contributed by atoms with van der Waals surface area (Å²) in [4.78, 5) is 0. The van der Waals surface area contributed by atoms with E-state index >= 15 is 0 Å². The van der Waals surface area contributed by atoms with Crippen LogP contribution in [0.25, 0.3) is 0 Å². The second-order valence-corrected chi connectivity index (χ2v) is 4.92. The summed E-state index contributed by atoms with van der Waals surface area (Å²) in [5.41, 5.74) is 0. The second kappa shape index (κ2) is 3.62. The maximum absolute atomic E-state index is 10.6. The van der Waals surface area contributed by atoms with Crippen molar-refractivity contribution in [2.75, 3.05) is 11.5 Å². The Hall–Kier alpha value is 1.30. The van der Waals surface area contributed by atoms with Crippen molar-refractivity contribution in [2.45, 2.75) is 11.7 Å². The molecule has 0 aromatic rings. The molecule has 9 heavy (non-hydrogen) atoms. The Balaban J connectivity index is 0.000000640. The van der Waals surface area contributed by atoms with E-state index in [-0.39, 0.29) is 40.6 Å². The molecule has 1 unspecified atom stereocenters. The van der Waals surface area contributed by atoms with Crippen LogP contribution in [-0.4, -0.2) is 25.2 Å². The summed E-state index contributed by atoms with van der Waals surface area (Å²) in [6, 6.07) is 0. The molecular weight excluding hydrogens is 167 g/mol.